The van der Waals surface area contributed by atoms with Crippen molar-refractivity contribution < 1.29 is 9.53 Å². The molecule has 0 saturated carbocycles. The van der Waals surface area contributed by atoms with E-state index >= 15 is 0 Å². The van der Waals surface area contributed by atoms with E-state index in [1.807, 2.05) is 36.4 Å². The fraction of sp³-hybridized carbons (Fsp3) is 0.143. The third kappa shape index (κ3) is 3.81. The Bertz CT molecular complexity index is 562. The van der Waals surface area contributed by atoms with Crippen LogP contribution in [0.4, 0.5) is 0 Å². The Morgan fingerprint density at radius 3 is 2.68 bits per heavy atom. The van der Waals surface area contributed by atoms with Crippen LogP contribution in [0.25, 0.3) is 0 Å². The summed E-state index contributed by atoms with van der Waals surface area (Å²) in [6.07, 6.45) is 3.41. The highest BCUT2D eigenvalue weighted by Crippen LogP contribution is 2.36. The zero-order valence-corrected chi connectivity index (χ0v) is 12.6. The molecule has 0 spiro atoms. The second kappa shape index (κ2) is 6.73. The van der Waals surface area contributed by atoms with E-state index in [9.17, 15) is 4.79 Å². The first kappa shape index (κ1) is 14.1. The van der Waals surface area contributed by atoms with Crippen LogP contribution in [0, 0.1) is 0 Å². The van der Waals surface area contributed by atoms with Gasteiger partial charge in [0.2, 0.25) is 0 Å². The highest BCUT2D eigenvalue weighted by atomic mass is 79.9. The molecule has 5 heteroatoms. The van der Waals surface area contributed by atoms with E-state index in [1.54, 1.807) is 12.4 Å². The highest BCUT2D eigenvalue weighted by Gasteiger charge is 2.22. The molecule has 0 saturated heterocycles. The number of carbonyl (C=O) groups is 1. The summed E-state index contributed by atoms with van der Waals surface area (Å²) < 4.78 is 5.83. The first-order chi connectivity index (χ1) is 9.20. The number of halogens is 1. The van der Waals surface area contributed by atoms with Gasteiger partial charge in [0.25, 0.3) is 0 Å². The van der Waals surface area contributed by atoms with Crippen molar-refractivity contribution in [2.45, 2.75) is 10.1 Å². The molecule has 1 heterocycles. The van der Waals surface area contributed by atoms with Gasteiger partial charge in [0.15, 0.2) is 0 Å². The number of hydrogen-bond acceptors (Lipinski definition) is 4. The Morgan fingerprint density at radius 1 is 1.32 bits per heavy atom. The number of thioether (sulfide) groups is 1. The first-order valence-corrected chi connectivity index (χ1v) is 7.28. The van der Waals surface area contributed by atoms with Crippen LogP contribution in [0.5, 0.6) is 0 Å². The number of hydrogen-bond donors (Lipinski definition) is 0. The van der Waals surface area contributed by atoms with Gasteiger partial charge in [-0.25, -0.2) is 0 Å². The molecule has 0 N–H and O–H groups in total. The van der Waals surface area contributed by atoms with Crippen LogP contribution >= 0.6 is 27.7 Å². The quantitative estimate of drug-likeness (QED) is 0.627. The number of rotatable bonds is 4. The molecule has 1 aromatic carbocycles. The second-order valence-electron chi connectivity index (χ2n) is 3.76. The molecule has 2 rings (SSSR count). The minimum Gasteiger partial charge on any atom is -0.468 e. The lowest BCUT2D eigenvalue weighted by molar-refractivity contribution is -0.140. The summed E-state index contributed by atoms with van der Waals surface area (Å²) in [5.74, 6) is -0.264. The third-order valence-electron chi connectivity index (χ3n) is 2.47. The summed E-state index contributed by atoms with van der Waals surface area (Å²) in [6, 6.07) is 11.4. The van der Waals surface area contributed by atoms with Crippen LogP contribution in [-0.4, -0.2) is 18.1 Å². The molecule has 19 heavy (non-hydrogen) atoms. The minimum atomic E-state index is -0.384. The lowest BCUT2D eigenvalue weighted by Crippen LogP contribution is -2.11. The number of esters is 1. The molecule has 0 aliphatic rings. The highest BCUT2D eigenvalue weighted by molar-refractivity contribution is 9.10. The summed E-state index contributed by atoms with van der Waals surface area (Å²) in [5, 5.41) is -0.384. The third-order valence-corrected chi connectivity index (χ3v) is 4.21. The molecule has 1 atom stereocenters. The molecule has 3 nitrogen and oxygen atoms in total. The average molecular weight is 338 g/mol. The largest absolute Gasteiger partial charge is 0.468 e. The smallest absolute Gasteiger partial charge is 0.323 e. The lowest BCUT2D eigenvalue weighted by Gasteiger charge is -2.14. The molecule has 0 radical (unpaired) electrons. The fourth-order valence-electron chi connectivity index (χ4n) is 1.58. The maximum absolute atomic E-state index is 12.0. The van der Waals surface area contributed by atoms with Gasteiger partial charge in [-0.15, -0.1) is 11.8 Å². The average Bonchev–Trinajstić information content (AvgIpc) is 2.45. The molecule has 0 aliphatic carbocycles. The maximum Gasteiger partial charge on any atom is 0.323 e. The monoisotopic (exact) mass is 337 g/mol. The Morgan fingerprint density at radius 2 is 2.05 bits per heavy atom. The summed E-state index contributed by atoms with van der Waals surface area (Å²) in [5.41, 5.74) is 0.906. The van der Waals surface area contributed by atoms with Crippen molar-refractivity contribution in [1.29, 1.82) is 0 Å². The van der Waals surface area contributed by atoms with Crippen molar-refractivity contribution in [3.05, 3.63) is 58.8 Å². The van der Waals surface area contributed by atoms with E-state index < -0.39 is 0 Å². The molecular weight excluding hydrogens is 326 g/mol. The van der Waals surface area contributed by atoms with Crippen molar-refractivity contribution in [3.8, 4) is 0 Å². The first-order valence-electron chi connectivity index (χ1n) is 5.60. The van der Waals surface area contributed by atoms with Crippen molar-refractivity contribution in [1.82, 2.24) is 4.98 Å². The molecule has 98 valence electrons. The topological polar surface area (TPSA) is 39.2 Å². The molecule has 0 fully saturated rings. The van der Waals surface area contributed by atoms with Gasteiger partial charge in [-0.2, -0.15) is 0 Å². The van der Waals surface area contributed by atoms with E-state index in [1.165, 1.54) is 18.9 Å². The van der Waals surface area contributed by atoms with Crippen LogP contribution in [0.2, 0.25) is 0 Å². The summed E-state index contributed by atoms with van der Waals surface area (Å²) in [6.45, 7) is 0. The van der Waals surface area contributed by atoms with E-state index in [0.29, 0.717) is 0 Å². The van der Waals surface area contributed by atoms with Crippen LogP contribution in [-0.2, 0) is 9.53 Å². The van der Waals surface area contributed by atoms with Crippen LogP contribution in [0.15, 0.2) is 58.2 Å². The molecule has 1 aromatic heterocycles. The summed E-state index contributed by atoms with van der Waals surface area (Å²) in [4.78, 5) is 16.9. The number of methoxy groups -OCH3 is 1. The van der Waals surface area contributed by atoms with Gasteiger partial charge in [-0.05, 0) is 29.8 Å². The van der Waals surface area contributed by atoms with Gasteiger partial charge in [0, 0.05) is 21.8 Å². The molecule has 1 unspecified atom stereocenters. The molecular formula is C14H12BrNO2S. The molecule has 0 amide bonds. The Labute approximate surface area is 124 Å². The van der Waals surface area contributed by atoms with Crippen molar-refractivity contribution >= 4 is 33.7 Å². The molecule has 2 aromatic rings. The van der Waals surface area contributed by atoms with Gasteiger partial charge < -0.3 is 4.74 Å². The van der Waals surface area contributed by atoms with E-state index in [2.05, 4.69) is 20.9 Å². The maximum atomic E-state index is 12.0. The zero-order chi connectivity index (χ0) is 13.7. The number of nitrogens with zero attached hydrogens (tertiary/aromatic N) is 1. The Kier molecular flexibility index (Phi) is 4.99. The van der Waals surface area contributed by atoms with E-state index in [0.717, 1.165) is 14.9 Å². The van der Waals surface area contributed by atoms with Crippen LogP contribution in [0.1, 0.15) is 10.8 Å². The minimum absolute atomic E-state index is 0.264. The van der Waals surface area contributed by atoms with E-state index in [4.69, 9.17) is 4.74 Å². The molecule has 0 bridgehead atoms. The van der Waals surface area contributed by atoms with Crippen molar-refractivity contribution in [3.63, 3.8) is 0 Å². The summed E-state index contributed by atoms with van der Waals surface area (Å²) >= 11 is 4.86. The number of benzene rings is 1. The number of ether oxygens (including phenoxy) is 1. The number of carbonyl (C=O) groups excluding carboxylic acids is 1. The Hall–Kier alpha value is -1.33. The lowest BCUT2D eigenvalue weighted by atomic mass is 10.1. The Balaban J connectivity index is 2.29. The predicted octanol–water partition coefficient (Wildman–Crippen LogP) is 3.85. The number of pyridine rings is 1. The van der Waals surface area contributed by atoms with Gasteiger partial charge in [0.1, 0.15) is 5.25 Å². The van der Waals surface area contributed by atoms with Crippen molar-refractivity contribution in [2.24, 2.45) is 0 Å². The van der Waals surface area contributed by atoms with Gasteiger partial charge in [-0.3, -0.25) is 9.78 Å². The van der Waals surface area contributed by atoms with Gasteiger partial charge >= 0.3 is 5.97 Å². The fourth-order valence-corrected chi connectivity index (χ4v) is 3.02. The summed E-state index contributed by atoms with van der Waals surface area (Å²) in [7, 11) is 1.40. The normalized spacial score (nSPS) is 11.9. The predicted molar refractivity (Wildman–Crippen MR) is 79.0 cm³/mol. The van der Waals surface area contributed by atoms with Crippen molar-refractivity contribution in [2.75, 3.05) is 7.11 Å². The SMILES string of the molecule is COC(=O)C(Sc1ccncc1)c1cccc(Br)c1. The van der Waals surface area contributed by atoms with Crippen LogP contribution < -0.4 is 0 Å². The van der Waals surface area contributed by atoms with Gasteiger partial charge in [-0.1, -0.05) is 28.1 Å². The van der Waals surface area contributed by atoms with Crippen LogP contribution in [0.3, 0.4) is 0 Å². The molecule has 0 aliphatic heterocycles. The van der Waals surface area contributed by atoms with E-state index in [-0.39, 0.29) is 11.2 Å². The standard InChI is InChI=1S/C14H12BrNO2S/c1-18-14(17)13(10-3-2-4-11(15)9-10)19-12-5-7-16-8-6-12/h2-9,13H,1H3. The second-order valence-corrected chi connectivity index (χ2v) is 5.85. The number of aromatic nitrogens is 1. The zero-order valence-electron chi connectivity index (χ0n) is 10.2. The van der Waals surface area contributed by atoms with Gasteiger partial charge in [0.05, 0.1) is 7.11 Å².